The molecule has 0 aliphatic carbocycles. The second kappa shape index (κ2) is 6.78. The molecule has 0 bridgehead atoms. The van der Waals surface area contributed by atoms with E-state index in [2.05, 4.69) is 4.98 Å². The van der Waals surface area contributed by atoms with Crippen LogP contribution in [0, 0.1) is 0 Å². The number of nitrogens with two attached hydrogens (primary N) is 2. The Bertz CT molecular complexity index is 1150. The maximum Gasteiger partial charge on any atom is 0.221 e. The first-order valence-electron chi connectivity index (χ1n) is 8.43. The van der Waals surface area contributed by atoms with Crippen molar-refractivity contribution in [3.05, 3.63) is 77.3 Å². The summed E-state index contributed by atoms with van der Waals surface area (Å²) in [4.78, 5) is 15.8. The molecule has 4 N–H and O–H groups in total. The molecule has 0 saturated heterocycles. The Balaban J connectivity index is 1.78. The predicted molar refractivity (Wildman–Crippen MR) is 109 cm³/mol. The van der Waals surface area contributed by atoms with E-state index in [-0.39, 0.29) is 12.3 Å². The first-order valence-corrected chi connectivity index (χ1v) is 8.81. The molecule has 5 nitrogen and oxygen atoms in total. The van der Waals surface area contributed by atoms with Crippen LogP contribution in [0.2, 0.25) is 5.02 Å². The van der Waals surface area contributed by atoms with Gasteiger partial charge in [0, 0.05) is 10.7 Å². The number of imidazole rings is 1. The van der Waals surface area contributed by atoms with Crippen LogP contribution in [0.15, 0.2) is 66.7 Å². The Morgan fingerprint density at radius 1 is 1.04 bits per heavy atom. The number of rotatable bonds is 4. The maximum atomic E-state index is 11.4. The van der Waals surface area contributed by atoms with Crippen molar-refractivity contribution in [2.45, 2.75) is 6.42 Å². The van der Waals surface area contributed by atoms with Crippen LogP contribution in [0.1, 0.15) is 5.56 Å². The number of nitrogens with zero attached hydrogens (tertiary/aromatic N) is 2. The molecule has 0 unspecified atom stereocenters. The molecule has 0 radical (unpaired) electrons. The van der Waals surface area contributed by atoms with Crippen LogP contribution >= 0.6 is 11.6 Å². The molecular formula is C21H17ClN4O. The Kier molecular flexibility index (Phi) is 4.30. The number of carbonyl (C=O) groups excluding carboxylic acids is 1. The van der Waals surface area contributed by atoms with Crippen LogP contribution in [0.4, 0.5) is 5.95 Å². The van der Waals surface area contributed by atoms with Crippen molar-refractivity contribution in [3.63, 3.8) is 0 Å². The zero-order chi connectivity index (χ0) is 19.0. The van der Waals surface area contributed by atoms with Gasteiger partial charge in [-0.2, -0.15) is 0 Å². The first-order chi connectivity index (χ1) is 13.0. The van der Waals surface area contributed by atoms with Gasteiger partial charge < -0.3 is 11.5 Å². The Morgan fingerprint density at radius 2 is 1.78 bits per heavy atom. The fourth-order valence-electron chi connectivity index (χ4n) is 3.27. The molecule has 0 aliphatic heterocycles. The molecule has 0 atom stereocenters. The number of aromatic nitrogens is 2. The number of para-hydroxylation sites is 2. The number of hydrogen-bond acceptors (Lipinski definition) is 3. The normalized spacial score (nSPS) is 11.0. The van der Waals surface area contributed by atoms with E-state index in [1.807, 2.05) is 65.2 Å². The van der Waals surface area contributed by atoms with E-state index >= 15 is 0 Å². The van der Waals surface area contributed by atoms with Gasteiger partial charge in [-0.05, 0) is 53.1 Å². The zero-order valence-corrected chi connectivity index (χ0v) is 15.1. The highest BCUT2D eigenvalue weighted by atomic mass is 35.5. The smallest absolute Gasteiger partial charge is 0.221 e. The molecule has 4 rings (SSSR count). The van der Waals surface area contributed by atoms with Crippen LogP contribution in [0.5, 0.6) is 0 Å². The maximum absolute atomic E-state index is 11.4. The number of primary amides is 1. The van der Waals surface area contributed by atoms with Crippen molar-refractivity contribution in [2.24, 2.45) is 5.73 Å². The highest BCUT2D eigenvalue weighted by Gasteiger charge is 2.12. The molecule has 1 amide bonds. The lowest BCUT2D eigenvalue weighted by Crippen LogP contribution is -2.14. The van der Waals surface area contributed by atoms with Gasteiger partial charge in [0.25, 0.3) is 0 Å². The number of nitrogen functional groups attached to an aromatic ring is 1. The number of hydrogen-bond donors (Lipinski definition) is 2. The number of fused-ring (bicyclic) bond motifs is 1. The number of halogens is 1. The average Bonchev–Trinajstić information content (AvgIpc) is 2.99. The summed E-state index contributed by atoms with van der Waals surface area (Å²) >= 11 is 6.16. The van der Waals surface area contributed by atoms with E-state index in [9.17, 15) is 4.79 Å². The third kappa shape index (κ3) is 3.25. The second-order valence-corrected chi connectivity index (χ2v) is 6.72. The summed E-state index contributed by atoms with van der Waals surface area (Å²) in [5.41, 5.74) is 16.9. The van der Waals surface area contributed by atoms with Crippen LogP contribution in [0.3, 0.4) is 0 Å². The Labute approximate surface area is 161 Å². The van der Waals surface area contributed by atoms with Crippen LogP contribution in [-0.2, 0) is 11.2 Å². The molecule has 27 heavy (non-hydrogen) atoms. The van der Waals surface area contributed by atoms with Gasteiger partial charge in [0.2, 0.25) is 11.9 Å². The summed E-state index contributed by atoms with van der Waals surface area (Å²) in [6, 6.07) is 21.1. The third-order valence-electron chi connectivity index (χ3n) is 4.46. The van der Waals surface area contributed by atoms with Gasteiger partial charge in [0.05, 0.1) is 17.5 Å². The second-order valence-electron chi connectivity index (χ2n) is 6.29. The molecule has 4 aromatic rings. The van der Waals surface area contributed by atoms with Crippen molar-refractivity contribution in [3.8, 4) is 16.8 Å². The van der Waals surface area contributed by atoms with Gasteiger partial charge in [-0.15, -0.1) is 0 Å². The predicted octanol–water partition coefficient (Wildman–Crippen LogP) is 3.96. The zero-order valence-electron chi connectivity index (χ0n) is 14.4. The SMILES string of the molecule is NC(=O)Cc1ccc(Cl)cc1-c1ccc(-n2c(N)nc3ccccc32)cc1. The van der Waals surface area contributed by atoms with E-state index in [1.165, 1.54) is 0 Å². The van der Waals surface area contributed by atoms with E-state index in [4.69, 9.17) is 23.1 Å². The Morgan fingerprint density at radius 3 is 2.52 bits per heavy atom. The third-order valence-corrected chi connectivity index (χ3v) is 4.69. The number of carbonyl (C=O) groups is 1. The van der Waals surface area contributed by atoms with Gasteiger partial charge in [0.1, 0.15) is 0 Å². The fraction of sp³-hybridized carbons (Fsp3) is 0.0476. The van der Waals surface area contributed by atoms with E-state index < -0.39 is 0 Å². The van der Waals surface area contributed by atoms with Crippen molar-refractivity contribution in [1.29, 1.82) is 0 Å². The van der Waals surface area contributed by atoms with Crippen molar-refractivity contribution in [1.82, 2.24) is 9.55 Å². The minimum absolute atomic E-state index is 0.160. The summed E-state index contributed by atoms with van der Waals surface area (Å²) < 4.78 is 1.90. The quantitative estimate of drug-likeness (QED) is 0.565. The monoisotopic (exact) mass is 376 g/mol. The average molecular weight is 377 g/mol. The van der Waals surface area contributed by atoms with Crippen molar-refractivity contribution >= 4 is 34.5 Å². The highest BCUT2D eigenvalue weighted by molar-refractivity contribution is 6.30. The molecule has 134 valence electrons. The van der Waals surface area contributed by atoms with Crippen molar-refractivity contribution < 1.29 is 4.79 Å². The summed E-state index contributed by atoms with van der Waals surface area (Å²) in [6.07, 6.45) is 0.160. The van der Waals surface area contributed by atoms with Gasteiger partial charge in [-0.1, -0.05) is 41.9 Å². The van der Waals surface area contributed by atoms with E-state index in [1.54, 1.807) is 6.07 Å². The number of amides is 1. The molecule has 1 heterocycles. The van der Waals surface area contributed by atoms with Gasteiger partial charge >= 0.3 is 0 Å². The standard InChI is InChI=1S/C21H17ClN4O/c22-15-8-5-14(11-20(23)27)17(12-15)13-6-9-16(10-7-13)26-19-4-2-1-3-18(19)25-21(26)24/h1-10,12H,11H2,(H2,23,27)(H2,24,25). The molecule has 0 fully saturated rings. The van der Waals surface area contributed by atoms with Gasteiger partial charge in [-0.3, -0.25) is 9.36 Å². The largest absolute Gasteiger partial charge is 0.369 e. The number of benzene rings is 3. The molecule has 0 aliphatic rings. The molecule has 1 aromatic heterocycles. The van der Waals surface area contributed by atoms with E-state index in [0.29, 0.717) is 11.0 Å². The fourth-order valence-corrected chi connectivity index (χ4v) is 3.44. The topological polar surface area (TPSA) is 86.9 Å². The highest BCUT2D eigenvalue weighted by Crippen LogP contribution is 2.30. The Hall–Kier alpha value is -3.31. The lowest BCUT2D eigenvalue weighted by atomic mass is 9.97. The summed E-state index contributed by atoms with van der Waals surface area (Å²) in [6.45, 7) is 0. The number of anilines is 1. The summed E-state index contributed by atoms with van der Waals surface area (Å²) in [5.74, 6) is 0.0500. The summed E-state index contributed by atoms with van der Waals surface area (Å²) in [7, 11) is 0. The van der Waals surface area contributed by atoms with Crippen LogP contribution in [-0.4, -0.2) is 15.5 Å². The molecule has 3 aromatic carbocycles. The lowest BCUT2D eigenvalue weighted by Gasteiger charge is -2.11. The van der Waals surface area contributed by atoms with Crippen LogP contribution in [0.25, 0.3) is 27.8 Å². The first kappa shape index (κ1) is 17.1. The molecule has 0 spiro atoms. The lowest BCUT2D eigenvalue weighted by molar-refractivity contribution is -0.117. The minimum atomic E-state index is -0.382. The van der Waals surface area contributed by atoms with E-state index in [0.717, 1.165) is 33.4 Å². The molecule has 6 heteroatoms. The molecular weight excluding hydrogens is 360 g/mol. The summed E-state index contributed by atoms with van der Waals surface area (Å²) in [5, 5.41) is 0.604. The van der Waals surface area contributed by atoms with Crippen LogP contribution < -0.4 is 11.5 Å². The molecule has 0 saturated carbocycles. The van der Waals surface area contributed by atoms with Crippen molar-refractivity contribution in [2.75, 3.05) is 5.73 Å². The minimum Gasteiger partial charge on any atom is -0.369 e. The van der Waals surface area contributed by atoms with Gasteiger partial charge in [-0.25, -0.2) is 4.98 Å². The van der Waals surface area contributed by atoms with Gasteiger partial charge in [0.15, 0.2) is 0 Å².